The highest BCUT2D eigenvalue weighted by atomic mass is 127. The van der Waals surface area contributed by atoms with Gasteiger partial charge in [0.2, 0.25) is 0 Å². The molecule has 0 unspecified atom stereocenters. The van der Waals surface area contributed by atoms with Crippen LogP contribution in [0.4, 0.5) is 0 Å². The molecule has 104 valence electrons. The van der Waals surface area contributed by atoms with Crippen LogP contribution in [0.25, 0.3) is 0 Å². The molecular formula is C13H12IN3O3. The number of hydrogen-bond donors (Lipinski definition) is 2. The molecule has 1 aliphatic carbocycles. The lowest BCUT2D eigenvalue weighted by molar-refractivity contribution is 0.0950. The number of aromatic nitrogens is 2. The minimum Gasteiger partial charge on any atom is -0.505 e. The first-order valence-corrected chi connectivity index (χ1v) is 7.29. The molecule has 0 radical (unpaired) electrons. The van der Waals surface area contributed by atoms with Crippen LogP contribution < -0.4 is 5.32 Å². The minimum absolute atomic E-state index is 0.00176. The second-order valence-corrected chi connectivity index (χ2v) is 5.74. The lowest BCUT2D eigenvalue weighted by Gasteiger charge is -2.05. The van der Waals surface area contributed by atoms with E-state index in [1.807, 2.05) is 22.6 Å². The highest BCUT2D eigenvalue weighted by Gasteiger charge is 2.29. The molecule has 6 nitrogen and oxygen atoms in total. The standard InChI is InChI=1S/C13H12IN3O3/c14-12-10(18)3-8(4-15-12)13(19)16-5-9-6-20-17-11(9)7-1-2-7/h3-4,6-7,18H,1-2,5H2,(H,16,19). The number of carbonyl (C=O) groups is 1. The molecule has 2 heterocycles. The number of halogens is 1. The van der Waals surface area contributed by atoms with Gasteiger partial charge in [0.05, 0.1) is 11.3 Å². The van der Waals surface area contributed by atoms with Gasteiger partial charge < -0.3 is 14.9 Å². The van der Waals surface area contributed by atoms with Crippen molar-refractivity contribution in [2.75, 3.05) is 0 Å². The maximum absolute atomic E-state index is 12.0. The van der Waals surface area contributed by atoms with Crippen molar-refractivity contribution in [3.8, 4) is 5.75 Å². The van der Waals surface area contributed by atoms with E-state index in [1.165, 1.54) is 12.3 Å². The fourth-order valence-corrected chi connectivity index (χ4v) is 2.22. The van der Waals surface area contributed by atoms with E-state index < -0.39 is 0 Å². The summed E-state index contributed by atoms with van der Waals surface area (Å²) in [4.78, 5) is 15.9. The maximum atomic E-state index is 12.0. The summed E-state index contributed by atoms with van der Waals surface area (Å²) in [6.45, 7) is 0.362. The SMILES string of the molecule is O=C(NCc1conc1C1CC1)c1cnc(I)c(O)c1. The van der Waals surface area contributed by atoms with Gasteiger partial charge in [-0.1, -0.05) is 5.16 Å². The van der Waals surface area contributed by atoms with Crippen LogP contribution in [-0.2, 0) is 6.54 Å². The summed E-state index contributed by atoms with van der Waals surface area (Å²) in [7, 11) is 0. The Kier molecular flexibility index (Phi) is 3.60. The summed E-state index contributed by atoms with van der Waals surface area (Å²) in [6.07, 6.45) is 5.26. The van der Waals surface area contributed by atoms with Gasteiger partial charge in [-0.25, -0.2) is 4.98 Å². The smallest absolute Gasteiger partial charge is 0.253 e. The molecule has 1 amide bonds. The second kappa shape index (κ2) is 5.39. The third-order valence-corrected chi connectivity index (χ3v) is 3.99. The van der Waals surface area contributed by atoms with Gasteiger partial charge in [0.1, 0.15) is 15.7 Å². The predicted octanol–water partition coefficient (Wildman–Crippen LogP) is 2.19. The Balaban J connectivity index is 1.66. The van der Waals surface area contributed by atoms with Crippen LogP contribution in [0.2, 0.25) is 0 Å². The number of nitrogens with one attached hydrogen (secondary N) is 1. The molecule has 2 N–H and O–H groups in total. The molecule has 2 aromatic rings. The third-order valence-electron chi connectivity index (χ3n) is 3.16. The summed E-state index contributed by atoms with van der Waals surface area (Å²) >= 11 is 1.90. The largest absolute Gasteiger partial charge is 0.505 e. The van der Waals surface area contributed by atoms with Gasteiger partial charge in [-0.2, -0.15) is 0 Å². The van der Waals surface area contributed by atoms with Crippen molar-refractivity contribution in [3.63, 3.8) is 0 Å². The van der Waals surface area contributed by atoms with Gasteiger partial charge in [0.15, 0.2) is 0 Å². The normalized spacial score (nSPS) is 14.2. The van der Waals surface area contributed by atoms with Gasteiger partial charge in [0.25, 0.3) is 5.91 Å². The zero-order chi connectivity index (χ0) is 14.1. The van der Waals surface area contributed by atoms with Gasteiger partial charge in [-0.15, -0.1) is 0 Å². The number of amides is 1. The van der Waals surface area contributed by atoms with E-state index in [0.717, 1.165) is 24.1 Å². The van der Waals surface area contributed by atoms with E-state index in [-0.39, 0.29) is 11.7 Å². The summed E-state index contributed by atoms with van der Waals surface area (Å²) in [5, 5.41) is 16.3. The van der Waals surface area contributed by atoms with Crippen molar-refractivity contribution in [1.82, 2.24) is 15.5 Å². The number of pyridine rings is 1. The Morgan fingerprint density at radius 1 is 1.55 bits per heavy atom. The average molecular weight is 385 g/mol. The molecule has 0 aliphatic heterocycles. The molecule has 0 aromatic carbocycles. The molecule has 2 aromatic heterocycles. The molecule has 0 saturated heterocycles. The van der Waals surface area contributed by atoms with Gasteiger partial charge in [-0.05, 0) is 41.5 Å². The lowest BCUT2D eigenvalue weighted by atomic mass is 10.2. The monoisotopic (exact) mass is 385 g/mol. The van der Waals surface area contributed by atoms with Crippen molar-refractivity contribution in [2.24, 2.45) is 0 Å². The average Bonchev–Trinajstić information content (AvgIpc) is 3.18. The Bertz CT molecular complexity index is 652. The summed E-state index contributed by atoms with van der Waals surface area (Å²) in [5.41, 5.74) is 2.17. The van der Waals surface area contributed by atoms with Crippen molar-refractivity contribution in [1.29, 1.82) is 0 Å². The molecule has 7 heteroatoms. The Morgan fingerprint density at radius 2 is 2.35 bits per heavy atom. The minimum atomic E-state index is -0.285. The highest BCUT2D eigenvalue weighted by molar-refractivity contribution is 14.1. The highest BCUT2D eigenvalue weighted by Crippen LogP contribution is 2.40. The quantitative estimate of drug-likeness (QED) is 0.622. The summed E-state index contributed by atoms with van der Waals surface area (Å²) in [5.74, 6) is 0.193. The van der Waals surface area contributed by atoms with Crippen LogP contribution in [0.5, 0.6) is 5.75 Å². The van der Waals surface area contributed by atoms with E-state index in [9.17, 15) is 9.90 Å². The molecule has 1 saturated carbocycles. The fourth-order valence-electron chi connectivity index (χ4n) is 1.93. The molecule has 0 bridgehead atoms. The van der Waals surface area contributed by atoms with E-state index >= 15 is 0 Å². The number of hydrogen-bond acceptors (Lipinski definition) is 5. The number of nitrogens with zero attached hydrogens (tertiary/aromatic N) is 2. The topological polar surface area (TPSA) is 88.3 Å². The van der Waals surface area contributed by atoms with Gasteiger partial charge in [-0.3, -0.25) is 4.79 Å². The van der Waals surface area contributed by atoms with Crippen LogP contribution in [-0.4, -0.2) is 21.2 Å². The van der Waals surface area contributed by atoms with Crippen LogP contribution in [0.3, 0.4) is 0 Å². The first-order chi connectivity index (χ1) is 9.65. The van der Waals surface area contributed by atoms with Crippen molar-refractivity contribution < 1.29 is 14.4 Å². The van der Waals surface area contributed by atoms with Crippen LogP contribution in [0, 0.1) is 3.70 Å². The maximum Gasteiger partial charge on any atom is 0.253 e. The van der Waals surface area contributed by atoms with Crippen molar-refractivity contribution in [3.05, 3.63) is 39.0 Å². The van der Waals surface area contributed by atoms with E-state index in [4.69, 9.17) is 4.52 Å². The Morgan fingerprint density at radius 3 is 3.05 bits per heavy atom. The van der Waals surface area contributed by atoms with Crippen molar-refractivity contribution >= 4 is 28.5 Å². The first-order valence-electron chi connectivity index (χ1n) is 6.21. The zero-order valence-electron chi connectivity index (χ0n) is 10.5. The van der Waals surface area contributed by atoms with Gasteiger partial charge >= 0.3 is 0 Å². The summed E-state index contributed by atoms with van der Waals surface area (Å²) in [6, 6.07) is 1.40. The summed E-state index contributed by atoms with van der Waals surface area (Å²) < 4.78 is 5.43. The fraction of sp³-hybridized carbons (Fsp3) is 0.308. The van der Waals surface area contributed by atoms with Crippen LogP contribution >= 0.6 is 22.6 Å². The Labute approximate surface area is 128 Å². The zero-order valence-corrected chi connectivity index (χ0v) is 12.6. The third kappa shape index (κ3) is 2.77. The lowest BCUT2D eigenvalue weighted by Crippen LogP contribution is -2.23. The van der Waals surface area contributed by atoms with Crippen LogP contribution in [0.15, 0.2) is 23.0 Å². The van der Waals surface area contributed by atoms with E-state index in [0.29, 0.717) is 21.7 Å². The first kappa shape index (κ1) is 13.3. The molecule has 1 fully saturated rings. The van der Waals surface area contributed by atoms with Crippen LogP contribution in [0.1, 0.15) is 40.4 Å². The van der Waals surface area contributed by atoms with Gasteiger partial charge in [0, 0.05) is 24.2 Å². The number of rotatable bonds is 4. The molecule has 3 rings (SSSR count). The molecule has 20 heavy (non-hydrogen) atoms. The number of carbonyl (C=O) groups excluding carboxylic acids is 1. The van der Waals surface area contributed by atoms with E-state index in [1.54, 1.807) is 6.26 Å². The molecule has 0 atom stereocenters. The number of aromatic hydroxyl groups is 1. The predicted molar refractivity (Wildman–Crippen MR) is 78.3 cm³/mol. The molecule has 0 spiro atoms. The van der Waals surface area contributed by atoms with E-state index in [2.05, 4.69) is 15.5 Å². The molecule has 1 aliphatic rings. The Hall–Kier alpha value is -1.64. The van der Waals surface area contributed by atoms with Crippen molar-refractivity contribution in [2.45, 2.75) is 25.3 Å². The second-order valence-electron chi connectivity index (χ2n) is 4.72. The molecular weight excluding hydrogens is 373 g/mol.